The molecule has 0 aliphatic rings. The number of hydrogen-bond donors (Lipinski definition) is 0. The van der Waals surface area contributed by atoms with E-state index in [2.05, 4.69) is 75.0 Å². The molecule has 0 heterocycles. The third-order valence-electron chi connectivity index (χ3n) is 3.99. The lowest BCUT2D eigenvalue weighted by atomic mass is 10.0. The van der Waals surface area contributed by atoms with Crippen LogP contribution < -0.4 is 5.19 Å². The van der Waals surface area contributed by atoms with Crippen LogP contribution in [0.5, 0.6) is 0 Å². The van der Waals surface area contributed by atoms with Crippen LogP contribution in [-0.2, 0) is 5.04 Å². The third kappa shape index (κ3) is 3.02. The molecule has 2 rings (SSSR count). The maximum Gasteiger partial charge on any atom is 0.193 e. The summed E-state index contributed by atoms with van der Waals surface area (Å²) in [7, 11) is -2.08. The van der Waals surface area contributed by atoms with Gasteiger partial charge in [0.1, 0.15) is 0 Å². The van der Waals surface area contributed by atoms with Crippen LogP contribution in [0.25, 0.3) is 0 Å². The highest BCUT2D eigenvalue weighted by atomic mass is 35.6. The monoisotopic (exact) mass is 306 g/mol. The van der Waals surface area contributed by atoms with E-state index in [1.807, 2.05) is 6.07 Å². The van der Waals surface area contributed by atoms with Crippen LogP contribution in [0.3, 0.4) is 0 Å². The van der Waals surface area contributed by atoms with Crippen LogP contribution >= 0.6 is 11.1 Å². The quantitative estimate of drug-likeness (QED) is 0.604. The largest absolute Gasteiger partial charge is 0.193 e. The first-order chi connectivity index (χ1) is 8.46. The zero-order valence-electron chi connectivity index (χ0n) is 11.2. The summed E-state index contributed by atoms with van der Waals surface area (Å²) in [4.78, 5) is 0. The average molecular weight is 307 g/mol. The van der Waals surface area contributed by atoms with Crippen molar-refractivity contribution in [2.45, 2.75) is 25.4 Å². The minimum absolute atomic E-state index is 0. The molecule has 19 heavy (non-hydrogen) atoms. The first-order valence-electron chi connectivity index (χ1n) is 6.26. The van der Waals surface area contributed by atoms with Crippen LogP contribution in [-0.4, -0.2) is 18.3 Å². The van der Waals surface area contributed by atoms with E-state index in [-0.39, 0.29) is 16.0 Å². The molecule has 1 unspecified atom stereocenters. The molecule has 0 saturated carbocycles. The van der Waals surface area contributed by atoms with Gasteiger partial charge in [-0.3, -0.25) is 0 Å². The summed E-state index contributed by atoms with van der Waals surface area (Å²) in [5.41, 5.74) is 1.32. The van der Waals surface area contributed by atoms with E-state index >= 15 is 0 Å². The van der Waals surface area contributed by atoms with Gasteiger partial charge in [0, 0.05) is 5.04 Å². The van der Waals surface area contributed by atoms with Crippen molar-refractivity contribution in [2.24, 2.45) is 0 Å². The summed E-state index contributed by atoms with van der Waals surface area (Å²) >= 11 is 7.03. The fourth-order valence-corrected chi connectivity index (χ4v) is 5.19. The van der Waals surface area contributed by atoms with Crippen LogP contribution in [0.1, 0.15) is 19.4 Å². The SMILES string of the molecule is CC(C)(c1ccccc1)[Si](C)(Cl)c1ccccc1.[SiH4]. The number of hydrogen-bond acceptors (Lipinski definition) is 0. The molecule has 0 saturated heterocycles. The van der Waals surface area contributed by atoms with Crippen molar-refractivity contribution in [2.75, 3.05) is 0 Å². The summed E-state index contributed by atoms with van der Waals surface area (Å²) in [5, 5.41) is 1.29. The molecule has 0 bridgehead atoms. The molecule has 0 aliphatic heterocycles. The Kier molecular flexibility index (Phi) is 5.19. The van der Waals surface area contributed by atoms with Crippen molar-refractivity contribution < 1.29 is 0 Å². The Morgan fingerprint density at radius 2 is 1.26 bits per heavy atom. The maximum atomic E-state index is 7.03. The van der Waals surface area contributed by atoms with E-state index in [1.165, 1.54) is 10.8 Å². The second-order valence-electron chi connectivity index (χ2n) is 5.36. The highest BCUT2D eigenvalue weighted by Crippen LogP contribution is 2.35. The summed E-state index contributed by atoms with van der Waals surface area (Å²) in [6, 6.07) is 21.1. The molecular formula is C16H23ClSi2. The number of rotatable bonds is 3. The molecular weight excluding hydrogens is 284 g/mol. The van der Waals surface area contributed by atoms with Gasteiger partial charge in [-0.1, -0.05) is 81.1 Å². The molecule has 0 nitrogen and oxygen atoms in total. The molecule has 2 aromatic rings. The summed E-state index contributed by atoms with van der Waals surface area (Å²) in [6.07, 6.45) is 0. The second-order valence-corrected chi connectivity index (χ2v) is 11.5. The Morgan fingerprint density at radius 3 is 1.74 bits per heavy atom. The van der Waals surface area contributed by atoms with Gasteiger partial charge in [-0.05, 0) is 21.7 Å². The lowest BCUT2D eigenvalue weighted by molar-refractivity contribution is 0.736. The first-order valence-corrected chi connectivity index (χ1v) is 9.77. The van der Waals surface area contributed by atoms with Gasteiger partial charge >= 0.3 is 0 Å². The highest BCUT2D eigenvalue weighted by Gasteiger charge is 2.44. The van der Waals surface area contributed by atoms with E-state index in [0.717, 1.165) is 0 Å². The van der Waals surface area contributed by atoms with E-state index in [4.69, 9.17) is 11.1 Å². The molecule has 0 aromatic heterocycles. The van der Waals surface area contributed by atoms with Gasteiger partial charge in [0.15, 0.2) is 7.38 Å². The predicted octanol–water partition coefficient (Wildman–Crippen LogP) is 2.77. The van der Waals surface area contributed by atoms with Crippen molar-refractivity contribution in [3.63, 3.8) is 0 Å². The van der Waals surface area contributed by atoms with Crippen molar-refractivity contribution >= 4 is 34.6 Å². The number of halogens is 1. The molecule has 0 spiro atoms. The lowest BCUT2D eigenvalue weighted by Gasteiger charge is -2.38. The van der Waals surface area contributed by atoms with Gasteiger partial charge in [-0.15, -0.1) is 0 Å². The maximum absolute atomic E-state index is 7.03. The molecule has 3 heteroatoms. The van der Waals surface area contributed by atoms with E-state index in [1.54, 1.807) is 0 Å². The third-order valence-corrected chi connectivity index (χ3v) is 10.1. The molecule has 0 amide bonds. The molecule has 0 N–H and O–H groups in total. The van der Waals surface area contributed by atoms with Gasteiger partial charge < -0.3 is 0 Å². The van der Waals surface area contributed by atoms with Gasteiger partial charge in [0.25, 0.3) is 0 Å². The normalized spacial score (nSPS) is 14.3. The Hall–Kier alpha value is -0.836. The van der Waals surface area contributed by atoms with Crippen molar-refractivity contribution in [1.29, 1.82) is 0 Å². The van der Waals surface area contributed by atoms with E-state index < -0.39 is 7.38 Å². The predicted molar refractivity (Wildman–Crippen MR) is 94.3 cm³/mol. The Morgan fingerprint density at radius 1 is 0.842 bits per heavy atom. The average Bonchev–Trinajstić information content (AvgIpc) is 2.40. The zero-order chi connectivity index (χ0) is 13.2. The van der Waals surface area contributed by atoms with Gasteiger partial charge in [0.2, 0.25) is 0 Å². The fourth-order valence-electron chi connectivity index (χ4n) is 2.24. The van der Waals surface area contributed by atoms with Crippen LogP contribution in [0, 0.1) is 0 Å². The molecule has 1 atom stereocenters. The number of benzene rings is 2. The van der Waals surface area contributed by atoms with E-state index in [9.17, 15) is 0 Å². The molecule has 102 valence electrons. The smallest absolute Gasteiger partial charge is 0.160 e. The molecule has 2 aromatic carbocycles. The Labute approximate surface area is 126 Å². The standard InChI is InChI=1S/C16H19ClSi.H4Si/c1-16(2,14-10-6-4-7-11-14)18(3,17)15-12-8-5-9-13-15;/h4-13H,1-3H3;1H4. The lowest BCUT2D eigenvalue weighted by Crippen LogP contribution is -2.55. The van der Waals surface area contributed by atoms with Gasteiger partial charge in [-0.25, -0.2) is 0 Å². The minimum atomic E-state index is -2.08. The summed E-state index contributed by atoms with van der Waals surface area (Å²) in [6.45, 7) is 6.75. The highest BCUT2D eigenvalue weighted by molar-refractivity contribution is 7.28. The topological polar surface area (TPSA) is 0 Å². The van der Waals surface area contributed by atoms with Crippen molar-refractivity contribution in [3.05, 3.63) is 66.2 Å². The van der Waals surface area contributed by atoms with Crippen LogP contribution in [0.2, 0.25) is 6.55 Å². The van der Waals surface area contributed by atoms with Crippen LogP contribution in [0.15, 0.2) is 60.7 Å². The summed E-state index contributed by atoms with van der Waals surface area (Å²) in [5.74, 6) is 0. The molecule has 0 aliphatic carbocycles. The van der Waals surface area contributed by atoms with Gasteiger partial charge in [-0.2, -0.15) is 11.1 Å². The second kappa shape index (κ2) is 6.08. The minimum Gasteiger partial charge on any atom is -0.160 e. The summed E-state index contributed by atoms with van der Waals surface area (Å²) < 4.78 is 0. The molecule has 0 fully saturated rings. The van der Waals surface area contributed by atoms with Crippen molar-refractivity contribution in [1.82, 2.24) is 0 Å². The first kappa shape index (κ1) is 16.2. The Balaban J connectivity index is 0.00000180. The van der Waals surface area contributed by atoms with Gasteiger partial charge in [0.05, 0.1) is 0 Å². The van der Waals surface area contributed by atoms with E-state index in [0.29, 0.717) is 0 Å². The Bertz CT molecular complexity index is 457. The fraction of sp³-hybridized carbons (Fsp3) is 0.250. The van der Waals surface area contributed by atoms with Crippen LogP contribution in [0.4, 0.5) is 0 Å². The van der Waals surface area contributed by atoms with Crippen molar-refractivity contribution in [3.8, 4) is 0 Å². The molecule has 0 radical (unpaired) electrons. The zero-order valence-corrected chi connectivity index (χ0v) is 12.9.